The molecule has 1 aliphatic rings. The van der Waals surface area contributed by atoms with Gasteiger partial charge in [0.15, 0.2) is 5.11 Å². The number of anilines is 1. The maximum atomic E-state index is 12.8. The number of rotatable bonds is 7. The molecular weight excluding hydrogens is 454 g/mol. The molecule has 1 saturated heterocycles. The zero-order valence-electron chi connectivity index (χ0n) is 19.5. The molecule has 5 rings (SSSR count). The maximum Gasteiger partial charge on any atom is 0.226 e. The van der Waals surface area contributed by atoms with Gasteiger partial charge in [0.1, 0.15) is 0 Å². The number of nitrogens with zero attached hydrogens (tertiary/aromatic N) is 3. The molecule has 0 bridgehead atoms. The molecule has 2 atom stereocenters. The fourth-order valence-electron chi connectivity index (χ4n) is 4.60. The van der Waals surface area contributed by atoms with Crippen molar-refractivity contribution in [1.29, 1.82) is 0 Å². The Morgan fingerprint density at radius 2 is 1.86 bits per heavy atom. The molecular formula is C28H27N5OS. The zero-order valence-corrected chi connectivity index (χ0v) is 20.3. The second-order valence-electron chi connectivity index (χ2n) is 8.63. The first-order chi connectivity index (χ1) is 17.1. The van der Waals surface area contributed by atoms with Gasteiger partial charge in [-0.1, -0.05) is 36.4 Å². The molecule has 176 valence electrons. The van der Waals surface area contributed by atoms with Gasteiger partial charge in [-0.05, 0) is 73.2 Å². The van der Waals surface area contributed by atoms with E-state index in [1.54, 1.807) is 6.20 Å². The summed E-state index contributed by atoms with van der Waals surface area (Å²) < 4.78 is 2.18. The Balaban J connectivity index is 1.43. The predicted octanol–water partition coefficient (Wildman–Crippen LogP) is 5.18. The number of hydrogen-bond donors (Lipinski definition) is 2. The van der Waals surface area contributed by atoms with E-state index in [1.807, 2.05) is 73.7 Å². The molecule has 0 spiro atoms. The number of benzene rings is 2. The minimum atomic E-state index is -0.138. The summed E-state index contributed by atoms with van der Waals surface area (Å²) in [4.78, 5) is 19.5. The van der Waals surface area contributed by atoms with Crippen molar-refractivity contribution in [3.8, 4) is 5.69 Å². The Morgan fingerprint density at radius 1 is 1.03 bits per heavy atom. The van der Waals surface area contributed by atoms with Crippen LogP contribution in [0.4, 0.5) is 5.69 Å². The second kappa shape index (κ2) is 10.1. The van der Waals surface area contributed by atoms with Crippen LogP contribution in [-0.4, -0.2) is 32.0 Å². The van der Waals surface area contributed by atoms with Crippen LogP contribution in [0.25, 0.3) is 5.69 Å². The largest absolute Gasteiger partial charge is 0.352 e. The van der Waals surface area contributed by atoms with Crippen LogP contribution < -0.4 is 10.6 Å². The number of carbonyl (C=O) groups excluding carboxylic acids is 1. The fraction of sp³-hybridized carbons (Fsp3) is 0.179. The minimum Gasteiger partial charge on any atom is -0.352 e. The summed E-state index contributed by atoms with van der Waals surface area (Å²) in [6.45, 7) is 2.49. The normalized spacial score (nSPS) is 17.3. The smallest absolute Gasteiger partial charge is 0.226 e. The first kappa shape index (κ1) is 22.8. The van der Waals surface area contributed by atoms with E-state index >= 15 is 0 Å². The molecule has 0 aliphatic carbocycles. The second-order valence-corrected chi connectivity index (χ2v) is 9.01. The number of nitrogens with one attached hydrogen (secondary N) is 2. The molecule has 35 heavy (non-hydrogen) atoms. The number of pyridine rings is 1. The van der Waals surface area contributed by atoms with Crippen LogP contribution >= 0.6 is 12.2 Å². The highest BCUT2D eigenvalue weighted by molar-refractivity contribution is 7.80. The summed E-state index contributed by atoms with van der Waals surface area (Å²) in [5.74, 6) is -0.0446. The van der Waals surface area contributed by atoms with Crippen molar-refractivity contribution in [2.75, 3.05) is 11.9 Å². The van der Waals surface area contributed by atoms with Gasteiger partial charge in [0.05, 0.1) is 17.8 Å². The van der Waals surface area contributed by atoms with Crippen LogP contribution in [0.1, 0.15) is 35.5 Å². The summed E-state index contributed by atoms with van der Waals surface area (Å²) in [6, 6.07) is 27.8. The SMILES string of the molecule is Cc1cccc(NC(=O)CCN2C(=S)N[C@H](c3ccccn3)[C@H]2c2cccn2-c2ccccc2)c1. The van der Waals surface area contributed by atoms with E-state index in [-0.39, 0.29) is 18.0 Å². The van der Waals surface area contributed by atoms with E-state index in [9.17, 15) is 4.79 Å². The van der Waals surface area contributed by atoms with Gasteiger partial charge < -0.3 is 20.1 Å². The topological polar surface area (TPSA) is 62.2 Å². The highest BCUT2D eigenvalue weighted by Crippen LogP contribution is 2.39. The van der Waals surface area contributed by atoms with Gasteiger partial charge in [-0.25, -0.2) is 0 Å². The summed E-state index contributed by atoms with van der Waals surface area (Å²) in [5.41, 5.74) is 4.97. The molecule has 3 heterocycles. The van der Waals surface area contributed by atoms with Crippen molar-refractivity contribution >= 4 is 28.9 Å². The number of thiocarbonyl (C=S) groups is 1. The average molecular weight is 482 g/mol. The number of para-hydroxylation sites is 1. The molecule has 2 N–H and O–H groups in total. The summed E-state index contributed by atoms with van der Waals surface area (Å²) in [5, 5.41) is 7.09. The quantitative estimate of drug-likeness (QED) is 0.356. The van der Waals surface area contributed by atoms with Crippen molar-refractivity contribution < 1.29 is 4.79 Å². The molecule has 2 aromatic heterocycles. The molecule has 1 amide bonds. The van der Waals surface area contributed by atoms with Gasteiger partial charge >= 0.3 is 0 Å². The van der Waals surface area contributed by atoms with E-state index in [1.165, 1.54) is 0 Å². The molecule has 0 saturated carbocycles. The Morgan fingerprint density at radius 3 is 2.63 bits per heavy atom. The highest BCUT2D eigenvalue weighted by atomic mass is 32.1. The van der Waals surface area contributed by atoms with E-state index in [4.69, 9.17) is 12.2 Å². The Labute approximate surface area is 210 Å². The van der Waals surface area contributed by atoms with Gasteiger partial charge in [-0.15, -0.1) is 0 Å². The molecule has 2 aromatic carbocycles. The molecule has 1 fully saturated rings. The lowest BCUT2D eigenvalue weighted by molar-refractivity contribution is -0.116. The van der Waals surface area contributed by atoms with Gasteiger partial charge in [0.2, 0.25) is 5.91 Å². The van der Waals surface area contributed by atoms with Crippen LogP contribution in [0.15, 0.2) is 97.3 Å². The lowest BCUT2D eigenvalue weighted by atomic mass is 10.0. The van der Waals surface area contributed by atoms with Crippen LogP contribution in [0.5, 0.6) is 0 Å². The lowest BCUT2D eigenvalue weighted by Gasteiger charge is -2.28. The van der Waals surface area contributed by atoms with Crippen molar-refractivity contribution in [2.24, 2.45) is 0 Å². The minimum absolute atomic E-state index is 0.0446. The molecule has 7 heteroatoms. The van der Waals surface area contributed by atoms with Crippen molar-refractivity contribution in [3.63, 3.8) is 0 Å². The van der Waals surface area contributed by atoms with Crippen LogP contribution in [0.2, 0.25) is 0 Å². The monoisotopic (exact) mass is 481 g/mol. The molecule has 6 nitrogen and oxygen atoms in total. The van der Waals surface area contributed by atoms with Gasteiger partial charge in [-0.3, -0.25) is 9.78 Å². The molecule has 4 aromatic rings. The van der Waals surface area contributed by atoms with Crippen molar-refractivity contribution in [2.45, 2.75) is 25.4 Å². The molecule has 0 radical (unpaired) electrons. The standard InChI is InChI=1S/C28H27N5OS/c1-20-9-7-10-21(19-20)30-25(34)15-18-33-27(26(31-28(33)35)23-13-5-6-16-29-23)24-14-8-17-32(24)22-11-3-2-4-12-22/h2-14,16-17,19,26-27H,15,18H2,1H3,(H,30,34)(H,31,35)/t26-,27-/m1/s1. The number of hydrogen-bond acceptors (Lipinski definition) is 3. The third-order valence-corrected chi connectivity index (χ3v) is 6.55. The Bertz CT molecular complexity index is 1320. The van der Waals surface area contributed by atoms with E-state index in [0.29, 0.717) is 18.1 Å². The van der Waals surface area contributed by atoms with E-state index < -0.39 is 0 Å². The average Bonchev–Trinajstić information content (AvgIpc) is 3.48. The van der Waals surface area contributed by atoms with E-state index in [0.717, 1.165) is 28.3 Å². The predicted molar refractivity (Wildman–Crippen MR) is 142 cm³/mol. The Kier molecular flexibility index (Phi) is 6.59. The van der Waals surface area contributed by atoms with Gasteiger partial charge in [0, 0.05) is 42.4 Å². The zero-order chi connectivity index (χ0) is 24.2. The number of aromatic nitrogens is 2. The number of aryl methyl sites for hydroxylation is 1. The molecule has 0 unspecified atom stereocenters. The first-order valence-corrected chi connectivity index (χ1v) is 12.1. The first-order valence-electron chi connectivity index (χ1n) is 11.7. The highest BCUT2D eigenvalue weighted by Gasteiger charge is 2.41. The van der Waals surface area contributed by atoms with Gasteiger partial charge in [-0.2, -0.15) is 0 Å². The van der Waals surface area contributed by atoms with E-state index in [2.05, 4.69) is 49.5 Å². The summed E-state index contributed by atoms with van der Waals surface area (Å²) in [6.07, 6.45) is 4.17. The van der Waals surface area contributed by atoms with Crippen LogP contribution in [0.3, 0.4) is 0 Å². The van der Waals surface area contributed by atoms with Crippen molar-refractivity contribution in [1.82, 2.24) is 19.8 Å². The summed E-state index contributed by atoms with van der Waals surface area (Å²) in [7, 11) is 0. The number of carbonyl (C=O) groups is 1. The third kappa shape index (κ3) is 4.95. The van der Waals surface area contributed by atoms with Gasteiger partial charge in [0.25, 0.3) is 0 Å². The Hall–Kier alpha value is -3.97. The fourth-order valence-corrected chi connectivity index (χ4v) is 4.93. The molecule has 1 aliphatic heterocycles. The number of amides is 1. The van der Waals surface area contributed by atoms with Crippen molar-refractivity contribution in [3.05, 3.63) is 114 Å². The summed E-state index contributed by atoms with van der Waals surface area (Å²) >= 11 is 5.77. The van der Waals surface area contributed by atoms with Crippen LogP contribution in [-0.2, 0) is 4.79 Å². The van der Waals surface area contributed by atoms with Crippen LogP contribution in [0, 0.1) is 6.92 Å². The lowest BCUT2D eigenvalue weighted by Crippen LogP contribution is -2.33. The third-order valence-electron chi connectivity index (χ3n) is 6.20. The maximum absolute atomic E-state index is 12.8.